The van der Waals surface area contributed by atoms with Crippen molar-refractivity contribution in [3.8, 4) is 11.8 Å². The molecule has 3 aromatic rings. The second-order valence-corrected chi connectivity index (χ2v) is 6.28. The van der Waals surface area contributed by atoms with Crippen LogP contribution in [0.15, 0.2) is 65.7 Å². The summed E-state index contributed by atoms with van der Waals surface area (Å²) >= 11 is 1.56. The molecule has 26 heavy (non-hydrogen) atoms. The summed E-state index contributed by atoms with van der Waals surface area (Å²) < 4.78 is 16.1. The number of fused-ring (bicyclic) bond motifs is 1. The Labute approximate surface area is 157 Å². The molecule has 1 atom stereocenters. The van der Waals surface area contributed by atoms with Gasteiger partial charge < -0.3 is 5.11 Å². The molecule has 2 N–H and O–H groups in total. The average molecular weight is 368 g/mol. The molecule has 0 aliphatic heterocycles. The van der Waals surface area contributed by atoms with E-state index in [-0.39, 0.29) is 0 Å². The van der Waals surface area contributed by atoms with Crippen molar-refractivity contribution in [3.63, 3.8) is 0 Å². The average Bonchev–Trinajstić information content (AvgIpc) is 2.69. The fourth-order valence-electron chi connectivity index (χ4n) is 2.30. The summed E-state index contributed by atoms with van der Waals surface area (Å²) in [5.74, 6) is 5.33. The van der Waals surface area contributed by atoms with Gasteiger partial charge in [-0.3, -0.25) is 9.71 Å². The van der Waals surface area contributed by atoms with Gasteiger partial charge >= 0.3 is 0 Å². The van der Waals surface area contributed by atoms with Crippen molar-refractivity contribution < 1.29 is 9.50 Å². The lowest BCUT2D eigenvalue weighted by molar-refractivity contribution is 0.399. The van der Waals surface area contributed by atoms with E-state index in [0.29, 0.717) is 0 Å². The zero-order valence-corrected chi connectivity index (χ0v) is 15.6. The summed E-state index contributed by atoms with van der Waals surface area (Å²) in [6, 6.07) is 17.9. The lowest BCUT2D eigenvalue weighted by Crippen LogP contribution is -2.03. The quantitative estimate of drug-likeness (QED) is 0.531. The first kappa shape index (κ1) is 19.9. The van der Waals surface area contributed by atoms with E-state index in [1.54, 1.807) is 11.9 Å². The molecule has 0 spiro atoms. The molecule has 0 fully saturated rings. The van der Waals surface area contributed by atoms with Gasteiger partial charge in [-0.2, -0.15) is 0 Å². The molecule has 0 bridgehead atoms. The van der Waals surface area contributed by atoms with E-state index in [9.17, 15) is 4.39 Å². The summed E-state index contributed by atoms with van der Waals surface area (Å²) in [7, 11) is 1.00. The van der Waals surface area contributed by atoms with E-state index in [0.717, 1.165) is 29.6 Å². The molecule has 0 aliphatic carbocycles. The van der Waals surface area contributed by atoms with Gasteiger partial charge in [-0.15, -0.1) is 0 Å². The van der Waals surface area contributed by atoms with Gasteiger partial charge in [0.1, 0.15) is 0 Å². The Morgan fingerprint density at radius 3 is 2.58 bits per heavy atom. The van der Waals surface area contributed by atoms with Crippen molar-refractivity contribution in [1.29, 1.82) is 0 Å². The Morgan fingerprint density at radius 2 is 1.85 bits per heavy atom. The van der Waals surface area contributed by atoms with Gasteiger partial charge in [0.2, 0.25) is 0 Å². The van der Waals surface area contributed by atoms with Crippen LogP contribution in [0.5, 0.6) is 0 Å². The van der Waals surface area contributed by atoms with Crippen LogP contribution in [-0.2, 0) is 6.54 Å². The number of hydrogen-bond donors (Lipinski definition) is 2. The number of aliphatic hydroxyl groups is 1. The highest BCUT2D eigenvalue weighted by Crippen LogP contribution is 2.19. The molecule has 3 nitrogen and oxygen atoms in total. The largest absolute Gasteiger partial charge is 0.400 e. The molecular weight excluding hydrogens is 347 g/mol. The standard InChI is InChI=1S/C20H17FN2S.CH4O/c1-15(21)6-7-16-8-10-18(11-9-16)24-23-14-17-12-13-22-20-5-3-2-4-19(17)20;1-2/h2-5,8-13,15,23H,14H2,1H3;2H,1H3. The number of aromatic nitrogens is 1. The SMILES string of the molecule is CC(F)C#Cc1ccc(SNCc2ccnc3ccccc23)cc1.CO. The predicted molar refractivity (Wildman–Crippen MR) is 106 cm³/mol. The van der Waals surface area contributed by atoms with Gasteiger partial charge in [0.05, 0.1) is 5.52 Å². The van der Waals surface area contributed by atoms with Gasteiger partial charge in [-0.05, 0) is 60.8 Å². The van der Waals surface area contributed by atoms with Crippen LogP contribution in [0.4, 0.5) is 4.39 Å². The molecule has 0 saturated heterocycles. The summed E-state index contributed by atoms with van der Waals surface area (Å²) in [5, 5.41) is 8.17. The van der Waals surface area contributed by atoms with Gasteiger partial charge in [-0.25, -0.2) is 4.39 Å². The first-order chi connectivity index (χ1) is 12.7. The molecule has 1 heterocycles. The van der Waals surface area contributed by atoms with Crippen molar-refractivity contribution in [3.05, 3.63) is 71.9 Å². The van der Waals surface area contributed by atoms with E-state index in [4.69, 9.17) is 5.11 Å². The molecule has 0 saturated carbocycles. The van der Waals surface area contributed by atoms with E-state index in [2.05, 4.69) is 27.6 Å². The molecule has 0 aliphatic rings. The molecule has 0 radical (unpaired) electrons. The highest BCUT2D eigenvalue weighted by atomic mass is 32.2. The minimum absolute atomic E-state index is 0.745. The number of hydrogen-bond acceptors (Lipinski definition) is 4. The normalized spacial score (nSPS) is 11.1. The Morgan fingerprint density at radius 1 is 1.12 bits per heavy atom. The molecular formula is C21H21FN2OS. The zero-order valence-electron chi connectivity index (χ0n) is 14.7. The van der Waals surface area contributed by atoms with Crippen molar-refractivity contribution in [2.45, 2.75) is 24.5 Å². The Bertz CT molecular complexity index is 880. The molecule has 1 unspecified atom stereocenters. The minimum atomic E-state index is -1.10. The Balaban J connectivity index is 0.00000117. The van der Waals surface area contributed by atoms with E-state index >= 15 is 0 Å². The fraction of sp³-hybridized carbons (Fsp3) is 0.190. The molecule has 2 aromatic carbocycles. The number of rotatable bonds is 4. The third kappa shape index (κ3) is 5.85. The van der Waals surface area contributed by atoms with Crippen LogP contribution in [0.25, 0.3) is 10.9 Å². The van der Waals surface area contributed by atoms with Crippen LogP contribution in [0.1, 0.15) is 18.1 Å². The minimum Gasteiger partial charge on any atom is -0.400 e. The summed E-state index contributed by atoms with van der Waals surface area (Å²) in [5.41, 5.74) is 3.04. The lowest BCUT2D eigenvalue weighted by atomic mass is 10.1. The maximum absolute atomic E-state index is 12.7. The molecule has 0 amide bonds. The van der Waals surface area contributed by atoms with Gasteiger partial charge in [0.15, 0.2) is 6.17 Å². The summed E-state index contributed by atoms with van der Waals surface area (Å²) in [6.07, 6.45) is 0.736. The zero-order chi connectivity index (χ0) is 18.8. The molecule has 5 heteroatoms. The van der Waals surface area contributed by atoms with Gasteiger partial charge in [-0.1, -0.05) is 30.0 Å². The Hall–Kier alpha value is -2.39. The maximum atomic E-state index is 12.7. The number of nitrogens with zero attached hydrogens (tertiary/aromatic N) is 1. The smallest absolute Gasteiger partial charge is 0.158 e. The summed E-state index contributed by atoms with van der Waals surface area (Å²) in [4.78, 5) is 5.46. The van der Waals surface area contributed by atoms with Gasteiger partial charge in [0, 0.05) is 35.7 Å². The van der Waals surface area contributed by atoms with Crippen LogP contribution in [0.2, 0.25) is 0 Å². The van der Waals surface area contributed by atoms with Crippen molar-refractivity contribution in [2.24, 2.45) is 0 Å². The van der Waals surface area contributed by atoms with Crippen LogP contribution < -0.4 is 4.72 Å². The first-order valence-corrected chi connectivity index (χ1v) is 8.97. The first-order valence-electron chi connectivity index (χ1n) is 8.15. The molecule has 3 rings (SSSR count). The number of para-hydroxylation sites is 1. The van der Waals surface area contributed by atoms with Crippen LogP contribution >= 0.6 is 11.9 Å². The molecule has 134 valence electrons. The second-order valence-electron chi connectivity index (χ2n) is 5.32. The van der Waals surface area contributed by atoms with Crippen molar-refractivity contribution in [2.75, 3.05) is 7.11 Å². The van der Waals surface area contributed by atoms with E-state index < -0.39 is 6.17 Å². The predicted octanol–water partition coefficient (Wildman–Crippen LogP) is 4.35. The topological polar surface area (TPSA) is 45.2 Å². The van der Waals surface area contributed by atoms with Crippen molar-refractivity contribution >= 4 is 22.9 Å². The number of pyridine rings is 1. The highest BCUT2D eigenvalue weighted by Gasteiger charge is 2.01. The third-order valence-electron chi connectivity index (χ3n) is 3.46. The molecule has 1 aromatic heterocycles. The van der Waals surface area contributed by atoms with Crippen LogP contribution in [0, 0.1) is 11.8 Å². The number of alkyl halides is 1. The number of benzene rings is 2. The van der Waals surface area contributed by atoms with E-state index in [1.165, 1.54) is 17.9 Å². The van der Waals surface area contributed by atoms with Crippen LogP contribution in [-0.4, -0.2) is 23.4 Å². The second kappa shape index (κ2) is 10.6. The Kier molecular flexibility index (Phi) is 8.10. The van der Waals surface area contributed by atoms with E-state index in [1.807, 2.05) is 54.7 Å². The monoisotopic (exact) mass is 368 g/mol. The number of aliphatic hydroxyl groups excluding tert-OH is 1. The highest BCUT2D eigenvalue weighted by molar-refractivity contribution is 7.97. The number of nitrogens with one attached hydrogen (secondary N) is 1. The lowest BCUT2D eigenvalue weighted by Gasteiger charge is -2.07. The van der Waals surface area contributed by atoms with Crippen molar-refractivity contribution in [1.82, 2.24) is 9.71 Å². The number of halogens is 1. The third-order valence-corrected chi connectivity index (χ3v) is 4.26. The van der Waals surface area contributed by atoms with Gasteiger partial charge in [0.25, 0.3) is 0 Å². The summed E-state index contributed by atoms with van der Waals surface area (Å²) in [6.45, 7) is 2.18. The fourth-order valence-corrected chi connectivity index (χ4v) is 2.96. The maximum Gasteiger partial charge on any atom is 0.158 e. The van der Waals surface area contributed by atoms with Crippen LogP contribution in [0.3, 0.4) is 0 Å².